The van der Waals surface area contributed by atoms with Gasteiger partial charge in [-0.05, 0) is 95.5 Å². The molecular formula is C59H98O16. The van der Waals surface area contributed by atoms with Crippen LogP contribution in [0, 0.1) is 53.3 Å². The lowest BCUT2D eigenvalue weighted by Crippen LogP contribution is -2.59. The predicted octanol–water partition coefficient (Wildman–Crippen LogP) is 7.22. The van der Waals surface area contributed by atoms with E-state index in [1.54, 1.807) is 67.3 Å². The van der Waals surface area contributed by atoms with Crippen LogP contribution in [-0.2, 0) is 38.1 Å². The highest BCUT2D eigenvalue weighted by atomic mass is 16.6. The second-order valence-electron chi connectivity index (χ2n) is 22.4. The van der Waals surface area contributed by atoms with E-state index in [1.807, 2.05) is 78.8 Å². The van der Waals surface area contributed by atoms with Crippen molar-refractivity contribution in [2.45, 2.75) is 207 Å². The maximum absolute atomic E-state index is 13.1. The maximum atomic E-state index is 13.1. The zero-order valence-corrected chi connectivity index (χ0v) is 47.5. The van der Waals surface area contributed by atoms with Crippen LogP contribution in [0.3, 0.4) is 0 Å². The fourth-order valence-corrected chi connectivity index (χ4v) is 10.8. The van der Waals surface area contributed by atoms with Crippen LogP contribution < -0.4 is 0 Å². The van der Waals surface area contributed by atoms with Gasteiger partial charge in [0.15, 0.2) is 12.2 Å². The average Bonchev–Trinajstić information content (AvgIpc) is 3.36. The second kappa shape index (κ2) is 33.0. The maximum Gasteiger partial charge on any atom is 0.338 e. The molecule has 2 saturated heterocycles. The highest BCUT2D eigenvalue weighted by Crippen LogP contribution is 2.39. The normalized spacial score (nSPS) is 28.5. The molecular weight excluding hydrogens is 965 g/mol. The molecule has 0 unspecified atom stereocenters. The van der Waals surface area contributed by atoms with E-state index in [9.17, 15) is 50.1 Å². The van der Waals surface area contributed by atoms with Crippen molar-refractivity contribution in [2.24, 2.45) is 53.3 Å². The van der Waals surface area contributed by atoms with Gasteiger partial charge in [-0.15, -0.1) is 0 Å². The lowest BCUT2D eigenvalue weighted by molar-refractivity contribution is -0.212. The van der Waals surface area contributed by atoms with E-state index >= 15 is 0 Å². The molecule has 0 aromatic heterocycles. The van der Waals surface area contributed by atoms with Crippen molar-refractivity contribution in [3.8, 4) is 0 Å². The third kappa shape index (κ3) is 21.3. The summed E-state index contributed by atoms with van der Waals surface area (Å²) in [5.74, 6) is -4.98. The number of aliphatic hydroxyl groups is 7. The number of carbonyl (C=O) groups excluding carboxylic acids is 2. The zero-order valence-electron chi connectivity index (χ0n) is 47.5. The Morgan fingerprint density at radius 1 is 0.747 bits per heavy atom. The lowest BCUT2D eigenvalue weighted by Gasteiger charge is -2.44. The van der Waals surface area contributed by atoms with Crippen LogP contribution in [0.25, 0.3) is 0 Å². The SMILES string of the molecule is CO[C@H](CC[C@H](C)[C@]1(O)C[C@@H]([C@@H](C)C=C(C)C=C(C)[C@H](O)[C@H](C)[C@H](O)[C@H](C)[C@H](OC)[C@@H](C)C=CC=CC=CC(=O)O)OC(=O)[C@H]1O)C[C@H](C[C@H](O)[C@H](C)CC=C[C@H](C)[C@@H]1C[C@@H]([C@H](C)CC[C@H](C)O)[C@H](O)C(=O)O1)OC. The molecule has 430 valence electrons. The standard InChI is InChI=1S/C59H98O16/c1-34(29-40(7)52(64)43(10)53(65)44(11)55(73-14)38(5)20-17-15-16-18-23-51(62)63)28-39(6)50-33-59(70,56(67)58(69)75-50)41(8)25-27-45(71-12)30-46(72-13)31-48(61)36(3)21-19-22-37(4)49-32-47(54(66)57(68)74-49)35(2)24-26-42(9)60/h15-20,22-23,28-29,35-39,41-50,52-56,60-61,64-67,70H,21,24-27,30-33H2,1-14H3,(H,62,63)/t35-,36-,37+,38+,39+,41+,42+,43+,44+,45-,46-,47+,48+,49+,50+,52+,53+,54+,55-,56-,59-/m1/s1. The van der Waals surface area contributed by atoms with E-state index in [0.29, 0.717) is 56.9 Å². The summed E-state index contributed by atoms with van der Waals surface area (Å²) in [6, 6.07) is 0. The van der Waals surface area contributed by atoms with Crippen LogP contribution in [0.1, 0.15) is 134 Å². The van der Waals surface area contributed by atoms with Gasteiger partial charge in [0, 0.05) is 69.3 Å². The van der Waals surface area contributed by atoms with Crippen LogP contribution in [0.4, 0.5) is 0 Å². The van der Waals surface area contributed by atoms with Crippen molar-refractivity contribution < 1.29 is 78.9 Å². The number of aliphatic hydroxyl groups excluding tert-OH is 6. The quantitative estimate of drug-likeness (QED) is 0.0140. The number of carbonyl (C=O) groups is 3. The Morgan fingerprint density at radius 3 is 1.97 bits per heavy atom. The summed E-state index contributed by atoms with van der Waals surface area (Å²) < 4.78 is 28.7. The number of carboxylic acid groups (broad SMARTS) is 1. The van der Waals surface area contributed by atoms with E-state index in [4.69, 9.17) is 28.8 Å². The van der Waals surface area contributed by atoms with Crippen LogP contribution in [0.15, 0.2) is 71.9 Å². The van der Waals surface area contributed by atoms with Gasteiger partial charge in [0.25, 0.3) is 0 Å². The summed E-state index contributed by atoms with van der Waals surface area (Å²) >= 11 is 0. The summed E-state index contributed by atoms with van der Waals surface area (Å²) in [7, 11) is 4.75. The average molecular weight is 1060 g/mol. The van der Waals surface area contributed by atoms with Gasteiger partial charge >= 0.3 is 17.9 Å². The second-order valence-corrected chi connectivity index (χ2v) is 22.4. The Morgan fingerprint density at radius 2 is 1.37 bits per heavy atom. The first-order valence-corrected chi connectivity index (χ1v) is 27.2. The number of allylic oxidation sites excluding steroid dienone is 7. The monoisotopic (exact) mass is 1060 g/mol. The summed E-state index contributed by atoms with van der Waals surface area (Å²) in [5, 5.41) is 86.2. The Labute approximate surface area is 448 Å². The van der Waals surface area contributed by atoms with Crippen molar-refractivity contribution in [2.75, 3.05) is 21.3 Å². The van der Waals surface area contributed by atoms with E-state index in [-0.39, 0.29) is 66.2 Å². The van der Waals surface area contributed by atoms with Crippen molar-refractivity contribution in [1.29, 1.82) is 0 Å². The van der Waals surface area contributed by atoms with Gasteiger partial charge in [0.1, 0.15) is 17.8 Å². The Bertz CT molecular complexity index is 1910. The predicted molar refractivity (Wildman–Crippen MR) is 289 cm³/mol. The minimum atomic E-state index is -1.79. The number of cyclic esters (lactones) is 2. The molecule has 0 radical (unpaired) electrons. The number of hydrogen-bond acceptors (Lipinski definition) is 15. The molecule has 0 aliphatic carbocycles. The minimum absolute atomic E-state index is 0.0140. The number of ether oxygens (including phenoxy) is 5. The van der Waals surface area contributed by atoms with Gasteiger partial charge in [-0.3, -0.25) is 0 Å². The third-order valence-corrected chi connectivity index (χ3v) is 16.2. The molecule has 2 heterocycles. The first-order valence-electron chi connectivity index (χ1n) is 27.2. The first kappa shape index (κ1) is 67.6. The van der Waals surface area contributed by atoms with Crippen LogP contribution in [-0.4, -0.2) is 153 Å². The molecule has 0 aromatic rings. The lowest BCUT2D eigenvalue weighted by atomic mass is 9.73. The van der Waals surface area contributed by atoms with Gasteiger partial charge in [-0.2, -0.15) is 0 Å². The number of aliphatic carboxylic acids is 1. The number of esters is 2. The summed E-state index contributed by atoms with van der Waals surface area (Å²) in [6.45, 7) is 20.5. The highest BCUT2D eigenvalue weighted by molar-refractivity contribution is 5.80. The molecule has 2 aliphatic rings. The summed E-state index contributed by atoms with van der Waals surface area (Å²) in [5.41, 5.74) is -0.413. The van der Waals surface area contributed by atoms with Crippen molar-refractivity contribution in [3.05, 3.63) is 71.9 Å². The summed E-state index contributed by atoms with van der Waals surface area (Å²) in [6.07, 6.45) is 13.0. The number of carboxylic acids is 1. The van der Waals surface area contributed by atoms with E-state index in [1.165, 1.54) is 6.08 Å². The fraction of sp³-hybridized carbons (Fsp3) is 0.746. The van der Waals surface area contributed by atoms with E-state index in [0.717, 1.165) is 11.6 Å². The van der Waals surface area contributed by atoms with E-state index < -0.39 is 84.2 Å². The molecule has 21 atom stereocenters. The van der Waals surface area contributed by atoms with E-state index in [2.05, 4.69) is 0 Å². The van der Waals surface area contributed by atoms with Crippen LogP contribution in [0.5, 0.6) is 0 Å². The van der Waals surface area contributed by atoms with Crippen LogP contribution in [0.2, 0.25) is 0 Å². The van der Waals surface area contributed by atoms with Gasteiger partial charge in [0.05, 0.1) is 42.7 Å². The van der Waals surface area contributed by atoms with Gasteiger partial charge in [-0.1, -0.05) is 116 Å². The van der Waals surface area contributed by atoms with Crippen molar-refractivity contribution >= 4 is 17.9 Å². The molecule has 0 aromatic carbocycles. The largest absolute Gasteiger partial charge is 0.478 e. The summed E-state index contributed by atoms with van der Waals surface area (Å²) in [4.78, 5) is 36.4. The smallest absolute Gasteiger partial charge is 0.338 e. The fourth-order valence-electron chi connectivity index (χ4n) is 10.8. The number of methoxy groups -OCH3 is 3. The molecule has 2 rings (SSSR count). The molecule has 0 bridgehead atoms. The van der Waals surface area contributed by atoms with Crippen LogP contribution >= 0.6 is 0 Å². The molecule has 2 aliphatic heterocycles. The molecule has 16 nitrogen and oxygen atoms in total. The number of hydrogen-bond donors (Lipinski definition) is 8. The van der Waals surface area contributed by atoms with Gasteiger partial charge in [-0.25, -0.2) is 14.4 Å². The van der Waals surface area contributed by atoms with Gasteiger partial charge < -0.3 is 64.5 Å². The zero-order chi connectivity index (χ0) is 56.9. The molecule has 2 fully saturated rings. The third-order valence-electron chi connectivity index (χ3n) is 16.2. The Balaban J connectivity index is 2.02. The highest BCUT2D eigenvalue weighted by Gasteiger charge is 2.52. The molecule has 0 amide bonds. The Kier molecular flexibility index (Phi) is 29.7. The minimum Gasteiger partial charge on any atom is -0.478 e. The Hall–Kier alpha value is -3.55. The van der Waals surface area contributed by atoms with Crippen molar-refractivity contribution in [1.82, 2.24) is 0 Å². The molecule has 8 N–H and O–H groups in total. The molecule has 0 saturated carbocycles. The van der Waals surface area contributed by atoms with Crippen molar-refractivity contribution in [3.63, 3.8) is 0 Å². The molecule has 75 heavy (non-hydrogen) atoms. The topological polar surface area (TPSA) is 259 Å². The van der Waals surface area contributed by atoms with Gasteiger partial charge in [0.2, 0.25) is 0 Å². The number of rotatable bonds is 33. The molecule has 0 spiro atoms. The first-order chi connectivity index (χ1) is 35.1. The molecule has 16 heteroatoms.